The van der Waals surface area contributed by atoms with Crippen molar-refractivity contribution in [3.8, 4) is 0 Å². The first-order valence-electron chi connectivity index (χ1n) is 7.05. The summed E-state index contributed by atoms with van der Waals surface area (Å²) in [4.78, 5) is 15.1. The van der Waals surface area contributed by atoms with Crippen molar-refractivity contribution in [1.29, 1.82) is 0 Å². The number of carbonyl (C=O) groups excluding carboxylic acids is 1. The van der Waals surface area contributed by atoms with Crippen LogP contribution in [0.5, 0.6) is 0 Å². The lowest BCUT2D eigenvalue weighted by Crippen LogP contribution is -2.38. The predicted molar refractivity (Wildman–Crippen MR) is 79.8 cm³/mol. The number of rotatable bonds is 2. The first kappa shape index (κ1) is 16.0. The van der Waals surface area contributed by atoms with Crippen LogP contribution < -0.4 is 0 Å². The lowest BCUT2D eigenvalue weighted by atomic mass is 10.0. The standard InChI is InChI=1S/C16H14F3NO2S/c17-16(18,19)12-3-1-2-10(8-12)14(21)15(22)20-6-4-13-11(9-20)5-7-23-13/h1-3,5,7-8,14,21H,4,6,9H2. The molecule has 0 aliphatic carbocycles. The summed E-state index contributed by atoms with van der Waals surface area (Å²) in [5.74, 6) is -0.568. The van der Waals surface area contributed by atoms with Crippen molar-refractivity contribution in [3.05, 3.63) is 57.3 Å². The number of hydrogen-bond acceptors (Lipinski definition) is 3. The monoisotopic (exact) mass is 341 g/mol. The summed E-state index contributed by atoms with van der Waals surface area (Å²) in [5, 5.41) is 12.1. The molecule has 0 radical (unpaired) electrons. The Hall–Kier alpha value is -1.86. The topological polar surface area (TPSA) is 40.5 Å². The number of halogens is 3. The fourth-order valence-corrected chi connectivity index (χ4v) is 3.53. The van der Waals surface area contributed by atoms with Gasteiger partial charge in [-0.1, -0.05) is 12.1 Å². The number of nitrogens with zero attached hydrogens (tertiary/aromatic N) is 1. The highest BCUT2D eigenvalue weighted by Gasteiger charge is 2.32. The fraction of sp³-hybridized carbons (Fsp3) is 0.312. The van der Waals surface area contributed by atoms with E-state index in [1.807, 2.05) is 11.4 Å². The molecule has 0 fully saturated rings. The van der Waals surface area contributed by atoms with Crippen LogP contribution in [0.2, 0.25) is 0 Å². The van der Waals surface area contributed by atoms with Gasteiger partial charge in [-0.2, -0.15) is 13.2 Å². The highest BCUT2D eigenvalue weighted by atomic mass is 32.1. The van der Waals surface area contributed by atoms with Gasteiger partial charge >= 0.3 is 6.18 Å². The largest absolute Gasteiger partial charge is 0.416 e. The molecule has 0 spiro atoms. The molecule has 1 amide bonds. The molecule has 0 saturated heterocycles. The van der Waals surface area contributed by atoms with E-state index in [0.717, 1.165) is 17.7 Å². The third-order valence-electron chi connectivity index (χ3n) is 3.88. The summed E-state index contributed by atoms with van der Waals surface area (Å²) in [6.45, 7) is 0.843. The van der Waals surface area contributed by atoms with Crippen LogP contribution in [0.15, 0.2) is 35.7 Å². The molecule has 3 nitrogen and oxygen atoms in total. The zero-order valence-electron chi connectivity index (χ0n) is 12.0. The minimum absolute atomic E-state index is 0.0408. The summed E-state index contributed by atoms with van der Waals surface area (Å²) in [7, 11) is 0. The number of amides is 1. The molecular weight excluding hydrogens is 327 g/mol. The van der Waals surface area contributed by atoms with Crippen molar-refractivity contribution in [2.45, 2.75) is 25.2 Å². The number of aliphatic hydroxyl groups excluding tert-OH is 1. The number of hydrogen-bond donors (Lipinski definition) is 1. The van der Waals surface area contributed by atoms with E-state index in [-0.39, 0.29) is 5.56 Å². The molecule has 2 aromatic rings. The van der Waals surface area contributed by atoms with Crippen LogP contribution in [0.1, 0.15) is 27.7 Å². The van der Waals surface area contributed by atoms with Gasteiger partial charge in [-0.3, -0.25) is 4.79 Å². The van der Waals surface area contributed by atoms with Crippen LogP contribution in [0.4, 0.5) is 13.2 Å². The van der Waals surface area contributed by atoms with Gasteiger partial charge < -0.3 is 10.0 Å². The average molecular weight is 341 g/mol. The van der Waals surface area contributed by atoms with E-state index < -0.39 is 23.8 Å². The summed E-state index contributed by atoms with van der Waals surface area (Å²) in [6, 6.07) is 6.19. The van der Waals surface area contributed by atoms with E-state index >= 15 is 0 Å². The molecule has 1 unspecified atom stereocenters. The molecule has 1 aliphatic heterocycles. The Bertz CT molecular complexity index is 726. The van der Waals surface area contributed by atoms with Crippen molar-refractivity contribution in [2.75, 3.05) is 6.54 Å². The van der Waals surface area contributed by atoms with Gasteiger partial charge in [0, 0.05) is 18.0 Å². The summed E-state index contributed by atoms with van der Waals surface area (Å²) < 4.78 is 38.2. The zero-order chi connectivity index (χ0) is 16.6. The van der Waals surface area contributed by atoms with Crippen molar-refractivity contribution >= 4 is 17.2 Å². The molecule has 2 heterocycles. The Morgan fingerprint density at radius 1 is 1.30 bits per heavy atom. The Labute approximate surface area is 135 Å². The normalized spacial score (nSPS) is 16.1. The second-order valence-electron chi connectivity index (χ2n) is 5.40. The van der Waals surface area contributed by atoms with Crippen molar-refractivity contribution in [3.63, 3.8) is 0 Å². The molecule has 0 saturated carbocycles. The maximum Gasteiger partial charge on any atom is 0.416 e. The third-order valence-corrected chi connectivity index (χ3v) is 4.91. The van der Waals surface area contributed by atoms with Gasteiger partial charge in [0.1, 0.15) is 0 Å². The first-order valence-corrected chi connectivity index (χ1v) is 7.93. The number of benzene rings is 1. The maximum absolute atomic E-state index is 12.7. The molecule has 122 valence electrons. The van der Waals surface area contributed by atoms with Gasteiger partial charge in [0.2, 0.25) is 0 Å². The minimum Gasteiger partial charge on any atom is -0.378 e. The lowest BCUT2D eigenvalue weighted by Gasteiger charge is -2.29. The molecule has 1 aromatic heterocycles. The average Bonchev–Trinajstić information content (AvgIpc) is 3.00. The van der Waals surface area contributed by atoms with E-state index in [1.54, 1.807) is 11.3 Å². The second-order valence-corrected chi connectivity index (χ2v) is 6.41. The highest BCUT2D eigenvalue weighted by Crippen LogP contribution is 2.32. The smallest absolute Gasteiger partial charge is 0.378 e. The Kier molecular flexibility index (Phi) is 4.16. The third kappa shape index (κ3) is 3.25. The Balaban J connectivity index is 1.78. The van der Waals surface area contributed by atoms with Crippen LogP contribution in [0.3, 0.4) is 0 Å². The van der Waals surface area contributed by atoms with Gasteiger partial charge in [0.05, 0.1) is 5.56 Å². The van der Waals surface area contributed by atoms with E-state index in [1.165, 1.54) is 21.9 Å². The van der Waals surface area contributed by atoms with E-state index in [9.17, 15) is 23.1 Å². The number of fused-ring (bicyclic) bond motifs is 1. The summed E-state index contributed by atoms with van der Waals surface area (Å²) in [6.07, 6.45) is -5.39. The second kappa shape index (κ2) is 5.98. The highest BCUT2D eigenvalue weighted by molar-refractivity contribution is 7.10. The number of aliphatic hydroxyl groups is 1. The molecular formula is C16H14F3NO2S. The van der Waals surface area contributed by atoms with Crippen LogP contribution in [0.25, 0.3) is 0 Å². The zero-order valence-corrected chi connectivity index (χ0v) is 12.8. The van der Waals surface area contributed by atoms with Gasteiger partial charge in [0.25, 0.3) is 5.91 Å². The summed E-state index contributed by atoms with van der Waals surface area (Å²) in [5.41, 5.74) is 0.118. The van der Waals surface area contributed by atoms with Crippen LogP contribution in [0, 0.1) is 0 Å². The predicted octanol–water partition coefficient (Wildman–Crippen LogP) is 3.39. The SMILES string of the molecule is O=C(C(O)c1cccc(C(F)(F)F)c1)N1CCc2sccc2C1. The van der Waals surface area contributed by atoms with E-state index in [2.05, 4.69) is 0 Å². The fourth-order valence-electron chi connectivity index (χ4n) is 2.64. The van der Waals surface area contributed by atoms with Crippen LogP contribution in [-0.4, -0.2) is 22.5 Å². The van der Waals surface area contributed by atoms with Gasteiger partial charge in [-0.15, -0.1) is 11.3 Å². The quantitative estimate of drug-likeness (QED) is 0.910. The Morgan fingerprint density at radius 3 is 2.83 bits per heavy atom. The minimum atomic E-state index is -4.50. The van der Waals surface area contributed by atoms with E-state index in [4.69, 9.17) is 0 Å². The molecule has 1 aliphatic rings. The molecule has 23 heavy (non-hydrogen) atoms. The maximum atomic E-state index is 12.7. The Morgan fingerprint density at radius 2 is 2.09 bits per heavy atom. The molecule has 1 atom stereocenters. The van der Waals surface area contributed by atoms with Crippen molar-refractivity contribution < 1.29 is 23.1 Å². The van der Waals surface area contributed by atoms with Crippen molar-refractivity contribution in [2.24, 2.45) is 0 Å². The van der Waals surface area contributed by atoms with Gasteiger partial charge in [-0.25, -0.2) is 0 Å². The molecule has 3 rings (SSSR count). The lowest BCUT2D eigenvalue weighted by molar-refractivity contribution is -0.142. The first-order chi connectivity index (χ1) is 10.9. The molecule has 0 bridgehead atoms. The molecule has 1 aromatic carbocycles. The molecule has 1 N–H and O–H groups in total. The van der Waals surface area contributed by atoms with E-state index in [0.29, 0.717) is 19.5 Å². The number of alkyl halides is 3. The van der Waals surface area contributed by atoms with Crippen molar-refractivity contribution in [1.82, 2.24) is 4.90 Å². The molecule has 7 heteroatoms. The number of thiophene rings is 1. The van der Waals surface area contributed by atoms with Crippen LogP contribution in [-0.2, 0) is 23.9 Å². The van der Waals surface area contributed by atoms with Crippen LogP contribution >= 0.6 is 11.3 Å². The number of carbonyl (C=O) groups is 1. The van der Waals surface area contributed by atoms with Gasteiger partial charge in [-0.05, 0) is 41.1 Å². The van der Waals surface area contributed by atoms with Gasteiger partial charge in [0.15, 0.2) is 6.10 Å². The summed E-state index contributed by atoms with van der Waals surface area (Å²) >= 11 is 1.62.